The van der Waals surface area contributed by atoms with Crippen LogP contribution in [0.25, 0.3) is 10.4 Å². The highest BCUT2D eigenvalue weighted by Gasteiger charge is 2.16. The van der Waals surface area contributed by atoms with Crippen molar-refractivity contribution in [2.24, 2.45) is 5.11 Å². The van der Waals surface area contributed by atoms with E-state index in [0.29, 0.717) is 17.9 Å². The third-order valence-corrected chi connectivity index (χ3v) is 1.71. The Morgan fingerprint density at radius 2 is 2.18 bits per heavy atom. The van der Waals surface area contributed by atoms with Crippen LogP contribution >= 0.6 is 0 Å². The van der Waals surface area contributed by atoms with Crippen LogP contribution in [0.5, 0.6) is 0 Å². The quantitative estimate of drug-likeness (QED) is 0.167. The molecule has 0 aliphatic heterocycles. The first-order valence-corrected chi connectivity index (χ1v) is 5.14. The van der Waals surface area contributed by atoms with E-state index in [1.54, 1.807) is 6.92 Å². The van der Waals surface area contributed by atoms with Crippen LogP contribution in [0.1, 0.15) is 32.6 Å². The van der Waals surface area contributed by atoms with Gasteiger partial charge in [-0.15, -0.1) is 5.06 Å². The summed E-state index contributed by atoms with van der Waals surface area (Å²) in [5.74, 6) is -1.28. The Hall–Kier alpha value is -2.08. The van der Waals surface area contributed by atoms with Crippen LogP contribution in [-0.2, 0) is 19.2 Å². The van der Waals surface area contributed by atoms with Gasteiger partial charge in [-0.25, -0.2) is 4.79 Å². The maximum atomic E-state index is 11.2. The van der Waals surface area contributed by atoms with Gasteiger partial charge in [-0.2, -0.15) is 0 Å². The summed E-state index contributed by atoms with van der Waals surface area (Å²) in [7, 11) is 0. The second-order valence-corrected chi connectivity index (χ2v) is 3.10. The average molecular weight is 242 g/mol. The first kappa shape index (κ1) is 14.9. The molecule has 0 aliphatic rings. The summed E-state index contributed by atoms with van der Waals surface area (Å²) < 4.78 is 0. The minimum atomic E-state index is -0.713. The zero-order valence-corrected chi connectivity index (χ0v) is 9.53. The fourth-order valence-electron chi connectivity index (χ4n) is 0.949. The number of rotatable bonds is 7. The first-order valence-electron chi connectivity index (χ1n) is 5.14. The molecule has 0 bridgehead atoms. The van der Waals surface area contributed by atoms with E-state index in [1.165, 1.54) is 0 Å². The Kier molecular flexibility index (Phi) is 8.05. The molecule has 17 heavy (non-hydrogen) atoms. The van der Waals surface area contributed by atoms with Crippen LogP contribution in [0, 0.1) is 0 Å². The Morgan fingerprint density at radius 1 is 1.47 bits per heavy atom. The van der Waals surface area contributed by atoms with E-state index in [1.807, 2.05) is 0 Å². The van der Waals surface area contributed by atoms with Crippen molar-refractivity contribution in [3.63, 3.8) is 0 Å². The molecular weight excluding hydrogens is 228 g/mol. The fraction of sp³-hybridized carbons (Fsp3) is 0.667. The van der Waals surface area contributed by atoms with Crippen molar-refractivity contribution in [2.75, 3.05) is 6.54 Å². The van der Waals surface area contributed by atoms with Gasteiger partial charge in [-0.3, -0.25) is 9.59 Å². The summed E-state index contributed by atoms with van der Waals surface area (Å²) >= 11 is 0. The molecule has 0 aromatic heterocycles. The van der Waals surface area contributed by atoms with Crippen molar-refractivity contribution >= 4 is 18.3 Å². The second kappa shape index (κ2) is 9.17. The third kappa shape index (κ3) is 6.91. The van der Waals surface area contributed by atoms with Gasteiger partial charge in [-0.05, 0) is 18.4 Å². The maximum absolute atomic E-state index is 11.2. The van der Waals surface area contributed by atoms with Gasteiger partial charge < -0.3 is 4.84 Å². The minimum absolute atomic E-state index is 0.0250. The number of carbonyl (C=O) groups is 3. The van der Waals surface area contributed by atoms with Gasteiger partial charge in [0.05, 0.1) is 0 Å². The predicted molar refractivity (Wildman–Crippen MR) is 57.2 cm³/mol. The Balaban J connectivity index is 4.01. The number of amides is 2. The molecule has 0 aliphatic carbocycles. The van der Waals surface area contributed by atoms with Crippen molar-refractivity contribution in [3.8, 4) is 0 Å². The van der Waals surface area contributed by atoms with Crippen molar-refractivity contribution in [1.82, 2.24) is 5.06 Å². The number of azide groups is 1. The monoisotopic (exact) mass is 242 g/mol. The third-order valence-electron chi connectivity index (χ3n) is 1.71. The molecule has 94 valence electrons. The molecule has 0 rings (SSSR count). The molecule has 0 aromatic rings. The molecule has 8 heteroatoms. The summed E-state index contributed by atoms with van der Waals surface area (Å²) in [6.45, 7) is 1.93. The van der Waals surface area contributed by atoms with Crippen LogP contribution in [0.4, 0.5) is 0 Å². The molecule has 0 spiro atoms. The van der Waals surface area contributed by atoms with Crippen LogP contribution in [-0.4, -0.2) is 29.9 Å². The van der Waals surface area contributed by atoms with Gasteiger partial charge in [-0.1, -0.05) is 12.0 Å². The highest BCUT2D eigenvalue weighted by Crippen LogP contribution is 2.00. The summed E-state index contributed by atoms with van der Waals surface area (Å²) in [5, 5.41) is 3.62. The number of imide groups is 1. The number of carbonyl (C=O) groups excluding carboxylic acids is 3. The molecule has 0 aromatic carbocycles. The van der Waals surface area contributed by atoms with Crippen LogP contribution in [0.2, 0.25) is 0 Å². The molecule has 8 nitrogen and oxygen atoms in total. The van der Waals surface area contributed by atoms with E-state index in [4.69, 9.17) is 5.53 Å². The lowest BCUT2D eigenvalue weighted by molar-refractivity contribution is -0.196. The van der Waals surface area contributed by atoms with E-state index in [0.717, 1.165) is 0 Å². The molecule has 0 saturated heterocycles. The van der Waals surface area contributed by atoms with E-state index < -0.39 is 11.9 Å². The molecule has 2 amide bonds. The van der Waals surface area contributed by atoms with Gasteiger partial charge in [0.25, 0.3) is 12.3 Å². The Morgan fingerprint density at radius 3 is 2.71 bits per heavy atom. The predicted octanol–water partition coefficient (Wildman–Crippen LogP) is 1.32. The zero-order valence-electron chi connectivity index (χ0n) is 9.53. The topological polar surface area (TPSA) is 112 Å². The van der Waals surface area contributed by atoms with Crippen LogP contribution in [0.3, 0.4) is 0 Å². The number of hydrogen-bond acceptors (Lipinski definition) is 5. The Bertz CT molecular complexity index is 325. The molecule has 0 heterocycles. The lowest BCUT2D eigenvalue weighted by Crippen LogP contribution is -2.32. The van der Waals surface area contributed by atoms with Crippen LogP contribution < -0.4 is 0 Å². The molecular formula is C9H14N4O4. The van der Waals surface area contributed by atoms with E-state index in [2.05, 4.69) is 14.9 Å². The molecule has 0 unspecified atom stereocenters. The lowest BCUT2D eigenvalue weighted by Gasteiger charge is -2.13. The fourth-order valence-corrected chi connectivity index (χ4v) is 0.949. The summed E-state index contributed by atoms with van der Waals surface area (Å²) in [4.78, 5) is 40.0. The smallest absolute Gasteiger partial charge is 0.331 e. The molecule has 0 atom stereocenters. The second-order valence-electron chi connectivity index (χ2n) is 3.10. The molecule has 0 saturated carbocycles. The summed E-state index contributed by atoms with van der Waals surface area (Å²) in [6.07, 6.45) is 1.12. The average Bonchev–Trinajstić information content (AvgIpc) is 2.32. The van der Waals surface area contributed by atoms with E-state index in [9.17, 15) is 14.4 Å². The van der Waals surface area contributed by atoms with Crippen LogP contribution in [0.15, 0.2) is 5.11 Å². The standard InChI is InChI=1S/C9H14N4O4/c1-2-4-8(15)13(7-14)17-9(16)5-3-6-11-12-10/h7H,2-6H2,1H3. The van der Waals surface area contributed by atoms with Gasteiger partial charge in [0.1, 0.15) is 0 Å². The van der Waals surface area contributed by atoms with Gasteiger partial charge in [0, 0.05) is 24.3 Å². The van der Waals surface area contributed by atoms with Crippen molar-refractivity contribution in [1.29, 1.82) is 0 Å². The zero-order chi connectivity index (χ0) is 13.1. The van der Waals surface area contributed by atoms with E-state index >= 15 is 0 Å². The first-order chi connectivity index (χ1) is 8.15. The largest absolute Gasteiger partial charge is 0.333 e. The van der Waals surface area contributed by atoms with Crippen molar-refractivity contribution in [3.05, 3.63) is 10.4 Å². The summed E-state index contributed by atoms with van der Waals surface area (Å²) in [5.41, 5.74) is 7.99. The number of hydrogen-bond donors (Lipinski definition) is 0. The SMILES string of the molecule is CCCC(=O)N(C=O)OC(=O)CCCN=[N+]=[N-]. The van der Waals surface area contributed by atoms with Gasteiger partial charge >= 0.3 is 5.97 Å². The number of hydroxylamine groups is 2. The normalized spacial score (nSPS) is 9.00. The highest BCUT2D eigenvalue weighted by atomic mass is 16.7. The Labute approximate surface area is 98.1 Å². The van der Waals surface area contributed by atoms with Gasteiger partial charge in [0.2, 0.25) is 0 Å². The summed E-state index contributed by atoms with van der Waals surface area (Å²) in [6, 6.07) is 0. The highest BCUT2D eigenvalue weighted by molar-refractivity contribution is 5.86. The molecule has 0 fully saturated rings. The van der Waals surface area contributed by atoms with E-state index in [-0.39, 0.29) is 25.8 Å². The van der Waals surface area contributed by atoms with Crippen molar-refractivity contribution < 1.29 is 19.2 Å². The molecule has 0 radical (unpaired) electrons. The number of nitrogens with zero attached hydrogens (tertiary/aromatic N) is 4. The van der Waals surface area contributed by atoms with Crippen molar-refractivity contribution in [2.45, 2.75) is 32.6 Å². The minimum Gasteiger partial charge on any atom is -0.331 e. The van der Waals surface area contributed by atoms with Gasteiger partial charge in [0.15, 0.2) is 0 Å². The lowest BCUT2D eigenvalue weighted by atomic mass is 10.3. The maximum Gasteiger partial charge on any atom is 0.333 e. The molecule has 0 N–H and O–H groups in total.